The number of allylic oxidation sites excluding steroid dienone is 1. The summed E-state index contributed by atoms with van der Waals surface area (Å²) < 4.78 is 0. The topological polar surface area (TPSA) is 53.8 Å². The Labute approximate surface area is 88.7 Å². The Bertz CT molecular complexity index is 382. The first-order chi connectivity index (χ1) is 7.22. The van der Waals surface area contributed by atoms with Gasteiger partial charge in [-0.05, 0) is 19.1 Å². The first-order valence-electron chi connectivity index (χ1n) is 4.56. The van der Waals surface area contributed by atoms with E-state index in [0.717, 1.165) is 5.69 Å². The number of hydrogen-bond donors (Lipinski definition) is 1. The third-order valence-electron chi connectivity index (χ3n) is 1.64. The van der Waals surface area contributed by atoms with Gasteiger partial charge in [-0.15, -0.1) is 0 Å². The SMILES string of the molecule is CN=N/C(C)=C/C(=O)Nc1ccccc1. The molecule has 0 aliphatic carbocycles. The van der Waals surface area contributed by atoms with Crippen LogP contribution in [0.2, 0.25) is 0 Å². The first-order valence-corrected chi connectivity index (χ1v) is 4.56. The Morgan fingerprint density at radius 3 is 2.60 bits per heavy atom. The Morgan fingerprint density at radius 1 is 1.33 bits per heavy atom. The number of para-hydroxylation sites is 1. The maximum absolute atomic E-state index is 11.4. The van der Waals surface area contributed by atoms with E-state index in [4.69, 9.17) is 0 Å². The number of anilines is 1. The molecule has 0 saturated heterocycles. The van der Waals surface area contributed by atoms with Crippen molar-refractivity contribution in [3.05, 3.63) is 42.1 Å². The van der Waals surface area contributed by atoms with Crippen LogP contribution in [0.5, 0.6) is 0 Å². The van der Waals surface area contributed by atoms with Crippen molar-refractivity contribution in [2.75, 3.05) is 12.4 Å². The highest BCUT2D eigenvalue weighted by molar-refractivity contribution is 5.99. The lowest BCUT2D eigenvalue weighted by molar-refractivity contribution is -0.111. The zero-order chi connectivity index (χ0) is 11.1. The number of azo groups is 1. The van der Waals surface area contributed by atoms with Gasteiger partial charge < -0.3 is 5.32 Å². The van der Waals surface area contributed by atoms with Crippen LogP contribution in [0.4, 0.5) is 5.69 Å². The Kier molecular flexibility index (Phi) is 4.22. The molecule has 78 valence electrons. The third kappa shape index (κ3) is 4.17. The molecule has 0 saturated carbocycles. The summed E-state index contributed by atoms with van der Waals surface area (Å²) in [4.78, 5) is 11.4. The van der Waals surface area contributed by atoms with Gasteiger partial charge in [-0.2, -0.15) is 10.2 Å². The fraction of sp³-hybridized carbons (Fsp3) is 0.182. The summed E-state index contributed by atoms with van der Waals surface area (Å²) in [5, 5.41) is 10.0. The second-order valence-electron chi connectivity index (χ2n) is 2.94. The van der Waals surface area contributed by atoms with Crippen LogP contribution in [-0.4, -0.2) is 13.0 Å². The van der Waals surface area contributed by atoms with Crippen molar-refractivity contribution < 1.29 is 4.79 Å². The zero-order valence-corrected chi connectivity index (χ0v) is 8.77. The van der Waals surface area contributed by atoms with E-state index in [1.807, 2.05) is 30.3 Å². The molecule has 0 unspecified atom stereocenters. The molecule has 4 heteroatoms. The van der Waals surface area contributed by atoms with Gasteiger partial charge in [0.25, 0.3) is 0 Å². The number of nitrogens with one attached hydrogen (secondary N) is 1. The van der Waals surface area contributed by atoms with Crippen LogP contribution in [0.25, 0.3) is 0 Å². The lowest BCUT2D eigenvalue weighted by Gasteiger charge is -2.00. The molecule has 1 N–H and O–H groups in total. The average molecular weight is 203 g/mol. The van der Waals surface area contributed by atoms with Gasteiger partial charge in [-0.3, -0.25) is 4.79 Å². The highest BCUT2D eigenvalue weighted by Gasteiger charge is 1.97. The van der Waals surface area contributed by atoms with Crippen molar-refractivity contribution in [1.82, 2.24) is 0 Å². The lowest BCUT2D eigenvalue weighted by atomic mass is 10.3. The third-order valence-corrected chi connectivity index (χ3v) is 1.64. The van der Waals surface area contributed by atoms with E-state index in [0.29, 0.717) is 5.70 Å². The van der Waals surface area contributed by atoms with E-state index in [-0.39, 0.29) is 5.91 Å². The van der Waals surface area contributed by atoms with E-state index in [1.165, 1.54) is 6.08 Å². The summed E-state index contributed by atoms with van der Waals surface area (Å²) in [5.41, 5.74) is 1.34. The van der Waals surface area contributed by atoms with Crippen LogP contribution in [0.1, 0.15) is 6.92 Å². The monoisotopic (exact) mass is 203 g/mol. The predicted octanol–water partition coefficient (Wildman–Crippen LogP) is 2.61. The van der Waals surface area contributed by atoms with E-state index in [9.17, 15) is 4.79 Å². The van der Waals surface area contributed by atoms with Crippen molar-refractivity contribution in [3.63, 3.8) is 0 Å². The van der Waals surface area contributed by atoms with E-state index >= 15 is 0 Å². The zero-order valence-electron chi connectivity index (χ0n) is 8.77. The quantitative estimate of drug-likeness (QED) is 0.595. The Morgan fingerprint density at radius 2 is 2.00 bits per heavy atom. The maximum Gasteiger partial charge on any atom is 0.250 e. The van der Waals surface area contributed by atoms with Crippen LogP contribution >= 0.6 is 0 Å². The maximum atomic E-state index is 11.4. The molecule has 0 spiro atoms. The molecule has 0 aliphatic heterocycles. The summed E-state index contributed by atoms with van der Waals surface area (Å²) in [5.74, 6) is -0.203. The minimum Gasteiger partial charge on any atom is -0.322 e. The first kappa shape index (κ1) is 11.1. The molecular formula is C11H13N3O. The van der Waals surface area contributed by atoms with Crippen LogP contribution < -0.4 is 5.32 Å². The molecule has 1 aromatic carbocycles. The minimum absolute atomic E-state index is 0.203. The summed E-state index contributed by atoms with van der Waals surface area (Å²) in [6.45, 7) is 1.72. The highest BCUT2D eigenvalue weighted by atomic mass is 16.1. The van der Waals surface area contributed by atoms with Crippen LogP contribution in [-0.2, 0) is 4.79 Å². The van der Waals surface area contributed by atoms with Crippen molar-refractivity contribution in [2.45, 2.75) is 6.92 Å². The number of rotatable bonds is 3. The molecule has 0 aromatic heterocycles. The molecule has 0 aliphatic rings. The van der Waals surface area contributed by atoms with Crippen molar-refractivity contribution in [1.29, 1.82) is 0 Å². The number of amides is 1. The lowest BCUT2D eigenvalue weighted by Crippen LogP contribution is -2.08. The molecule has 0 fully saturated rings. The molecule has 0 heterocycles. The van der Waals surface area contributed by atoms with E-state index in [2.05, 4.69) is 15.5 Å². The van der Waals surface area contributed by atoms with Gasteiger partial charge in [0, 0.05) is 18.8 Å². The second kappa shape index (κ2) is 5.70. The van der Waals surface area contributed by atoms with E-state index in [1.54, 1.807) is 14.0 Å². The number of carbonyl (C=O) groups is 1. The van der Waals surface area contributed by atoms with Crippen molar-refractivity contribution in [3.8, 4) is 0 Å². The van der Waals surface area contributed by atoms with Crippen molar-refractivity contribution >= 4 is 11.6 Å². The molecular weight excluding hydrogens is 190 g/mol. The Hall–Kier alpha value is -1.97. The minimum atomic E-state index is -0.203. The van der Waals surface area contributed by atoms with Gasteiger partial charge in [-0.1, -0.05) is 18.2 Å². The van der Waals surface area contributed by atoms with Crippen LogP contribution in [0.15, 0.2) is 52.3 Å². The number of carbonyl (C=O) groups excluding carboxylic acids is 1. The fourth-order valence-electron chi connectivity index (χ4n) is 1.08. The normalized spacial score (nSPS) is 11.7. The van der Waals surface area contributed by atoms with Gasteiger partial charge in [0.1, 0.15) is 0 Å². The standard InChI is InChI=1S/C11H13N3O/c1-9(14-12-2)8-11(15)13-10-6-4-3-5-7-10/h3-8H,1-2H3,(H,13,15)/b9-8+,14-12?. The van der Waals surface area contributed by atoms with Gasteiger partial charge in [0.2, 0.25) is 5.91 Å². The smallest absolute Gasteiger partial charge is 0.250 e. The predicted molar refractivity (Wildman–Crippen MR) is 59.6 cm³/mol. The highest BCUT2D eigenvalue weighted by Crippen LogP contribution is 2.05. The van der Waals surface area contributed by atoms with Gasteiger partial charge in [0.15, 0.2) is 0 Å². The number of hydrogen-bond acceptors (Lipinski definition) is 3. The van der Waals surface area contributed by atoms with Gasteiger partial charge >= 0.3 is 0 Å². The molecule has 0 atom stereocenters. The number of benzene rings is 1. The molecule has 1 rings (SSSR count). The average Bonchev–Trinajstić information content (AvgIpc) is 2.19. The van der Waals surface area contributed by atoms with E-state index < -0.39 is 0 Å². The number of nitrogens with zero attached hydrogens (tertiary/aromatic N) is 2. The molecule has 1 aromatic rings. The van der Waals surface area contributed by atoms with Gasteiger partial charge in [0.05, 0.1) is 5.70 Å². The van der Waals surface area contributed by atoms with Crippen LogP contribution in [0.3, 0.4) is 0 Å². The van der Waals surface area contributed by atoms with Crippen LogP contribution in [0, 0.1) is 0 Å². The van der Waals surface area contributed by atoms with Crippen molar-refractivity contribution in [2.24, 2.45) is 10.2 Å². The summed E-state index contributed by atoms with van der Waals surface area (Å²) in [6, 6.07) is 9.25. The summed E-state index contributed by atoms with van der Waals surface area (Å²) in [7, 11) is 1.56. The molecule has 1 amide bonds. The summed E-state index contributed by atoms with van der Waals surface area (Å²) in [6.07, 6.45) is 1.40. The second-order valence-corrected chi connectivity index (χ2v) is 2.94. The Balaban J connectivity index is 2.61. The molecule has 0 radical (unpaired) electrons. The molecule has 0 bridgehead atoms. The largest absolute Gasteiger partial charge is 0.322 e. The molecule has 4 nitrogen and oxygen atoms in total. The molecule has 15 heavy (non-hydrogen) atoms. The summed E-state index contributed by atoms with van der Waals surface area (Å²) >= 11 is 0. The fourth-order valence-corrected chi connectivity index (χ4v) is 1.08. The van der Waals surface area contributed by atoms with Gasteiger partial charge in [-0.25, -0.2) is 0 Å².